The average molecular weight is 323 g/mol. The fourth-order valence-corrected chi connectivity index (χ4v) is 3.36. The van der Waals surface area contributed by atoms with Crippen molar-refractivity contribution in [3.05, 3.63) is 54.6 Å². The summed E-state index contributed by atoms with van der Waals surface area (Å²) in [6.45, 7) is -0.636. The Morgan fingerprint density at radius 3 is 2.14 bits per heavy atom. The lowest BCUT2D eigenvalue weighted by Gasteiger charge is -2.06. The summed E-state index contributed by atoms with van der Waals surface area (Å²) in [4.78, 5) is 12.4. The van der Waals surface area contributed by atoms with E-state index in [1.807, 2.05) is 35.1 Å². The van der Waals surface area contributed by atoms with Crippen LogP contribution >= 0.6 is 11.8 Å². The molecular weight excluding hydrogens is 310 g/mol. The van der Waals surface area contributed by atoms with Gasteiger partial charge in [-0.25, -0.2) is 8.42 Å². The zero-order valence-electron chi connectivity index (χ0n) is 10.9. The van der Waals surface area contributed by atoms with Gasteiger partial charge in [-0.2, -0.15) is 4.72 Å². The lowest BCUT2D eigenvalue weighted by atomic mass is 10.4. The van der Waals surface area contributed by atoms with Crippen LogP contribution in [0.3, 0.4) is 0 Å². The first-order valence-corrected chi connectivity index (χ1v) is 8.32. The Kier molecular flexibility index (Phi) is 5.00. The van der Waals surface area contributed by atoms with Crippen molar-refractivity contribution in [3.63, 3.8) is 0 Å². The minimum absolute atomic E-state index is 0.0427. The number of nitrogens with one attached hydrogen (secondary N) is 1. The van der Waals surface area contributed by atoms with Crippen LogP contribution in [0, 0.1) is 0 Å². The van der Waals surface area contributed by atoms with Crippen LogP contribution in [-0.4, -0.2) is 26.0 Å². The van der Waals surface area contributed by atoms with Crippen LogP contribution in [0.2, 0.25) is 0 Å². The molecule has 0 saturated carbocycles. The van der Waals surface area contributed by atoms with Crippen molar-refractivity contribution in [2.24, 2.45) is 0 Å². The van der Waals surface area contributed by atoms with Gasteiger partial charge in [-0.3, -0.25) is 4.79 Å². The Labute approximate surface area is 127 Å². The van der Waals surface area contributed by atoms with Gasteiger partial charge in [0.05, 0.1) is 4.90 Å². The van der Waals surface area contributed by atoms with E-state index >= 15 is 0 Å². The van der Waals surface area contributed by atoms with Crippen molar-refractivity contribution in [2.45, 2.75) is 14.7 Å². The molecule has 2 aromatic rings. The first kappa shape index (κ1) is 15.6. The monoisotopic (exact) mass is 323 g/mol. The molecule has 5 nitrogen and oxygen atoms in total. The summed E-state index contributed by atoms with van der Waals surface area (Å²) in [5, 5.41) is 8.50. The van der Waals surface area contributed by atoms with Gasteiger partial charge in [-0.05, 0) is 36.4 Å². The lowest BCUT2D eigenvalue weighted by molar-refractivity contribution is -0.135. The van der Waals surface area contributed by atoms with E-state index in [0.717, 1.165) is 9.79 Å². The predicted octanol–water partition coefficient (Wildman–Crippen LogP) is 2.20. The van der Waals surface area contributed by atoms with E-state index < -0.39 is 22.5 Å². The Morgan fingerprint density at radius 2 is 1.57 bits per heavy atom. The molecule has 0 aliphatic rings. The lowest BCUT2D eigenvalue weighted by Crippen LogP contribution is -2.29. The van der Waals surface area contributed by atoms with Crippen molar-refractivity contribution in [1.29, 1.82) is 0 Å². The van der Waals surface area contributed by atoms with Gasteiger partial charge >= 0.3 is 5.97 Å². The number of sulfonamides is 1. The molecule has 0 heterocycles. The molecule has 2 aromatic carbocycles. The van der Waals surface area contributed by atoms with Crippen LogP contribution in [0.25, 0.3) is 0 Å². The predicted molar refractivity (Wildman–Crippen MR) is 79.8 cm³/mol. The van der Waals surface area contributed by atoms with Gasteiger partial charge in [-0.1, -0.05) is 30.0 Å². The van der Waals surface area contributed by atoms with Gasteiger partial charge in [0.25, 0.3) is 0 Å². The molecule has 2 rings (SSSR count). The summed E-state index contributed by atoms with van der Waals surface area (Å²) in [6.07, 6.45) is 0. The Hall–Kier alpha value is -1.83. The maximum absolute atomic E-state index is 11.8. The zero-order valence-corrected chi connectivity index (χ0v) is 12.5. The van der Waals surface area contributed by atoms with Gasteiger partial charge in [0, 0.05) is 9.79 Å². The van der Waals surface area contributed by atoms with E-state index in [1.54, 1.807) is 12.1 Å². The Morgan fingerprint density at radius 1 is 1.00 bits per heavy atom. The summed E-state index contributed by atoms with van der Waals surface area (Å²) in [7, 11) is -3.79. The third-order valence-corrected chi connectivity index (χ3v) is 4.96. The first-order valence-electron chi connectivity index (χ1n) is 6.02. The maximum Gasteiger partial charge on any atom is 0.318 e. The molecule has 0 aliphatic heterocycles. The molecule has 0 saturated heterocycles. The molecule has 0 atom stereocenters. The van der Waals surface area contributed by atoms with Crippen LogP contribution in [0.4, 0.5) is 0 Å². The van der Waals surface area contributed by atoms with E-state index in [0.29, 0.717) is 0 Å². The summed E-state index contributed by atoms with van der Waals surface area (Å²) in [6, 6.07) is 16.0. The van der Waals surface area contributed by atoms with E-state index in [-0.39, 0.29) is 4.90 Å². The fraction of sp³-hybridized carbons (Fsp3) is 0.0714. The molecule has 0 amide bonds. The smallest absolute Gasteiger partial charge is 0.318 e. The van der Waals surface area contributed by atoms with E-state index in [2.05, 4.69) is 0 Å². The second-order valence-corrected chi connectivity index (χ2v) is 7.02. The number of benzene rings is 2. The third kappa shape index (κ3) is 4.59. The second-order valence-electron chi connectivity index (χ2n) is 4.10. The van der Waals surface area contributed by atoms with Crippen LogP contribution in [0.5, 0.6) is 0 Å². The number of hydrogen-bond donors (Lipinski definition) is 2. The molecule has 0 unspecified atom stereocenters. The van der Waals surface area contributed by atoms with Crippen LogP contribution in [0.15, 0.2) is 69.3 Å². The molecule has 0 spiro atoms. The molecule has 2 N–H and O–H groups in total. The quantitative estimate of drug-likeness (QED) is 0.851. The van der Waals surface area contributed by atoms with Gasteiger partial charge in [-0.15, -0.1) is 0 Å². The third-order valence-electron chi connectivity index (χ3n) is 2.53. The number of carbonyl (C=O) groups is 1. The van der Waals surface area contributed by atoms with Crippen LogP contribution in [0.1, 0.15) is 0 Å². The molecule has 0 radical (unpaired) electrons. The number of carboxylic acids is 1. The highest BCUT2D eigenvalue weighted by atomic mass is 32.2. The average Bonchev–Trinajstić information content (AvgIpc) is 2.47. The van der Waals surface area contributed by atoms with Gasteiger partial charge < -0.3 is 5.11 Å². The minimum Gasteiger partial charge on any atom is -0.480 e. The standard InChI is InChI=1S/C14H13NO4S2/c16-14(17)10-15-21(18,19)13-8-6-12(7-9-13)20-11-4-2-1-3-5-11/h1-9,15H,10H2,(H,16,17). The highest BCUT2D eigenvalue weighted by molar-refractivity contribution is 7.99. The topological polar surface area (TPSA) is 83.5 Å². The van der Waals surface area contributed by atoms with Crippen molar-refractivity contribution in [1.82, 2.24) is 4.72 Å². The molecule has 0 aliphatic carbocycles. The van der Waals surface area contributed by atoms with Gasteiger partial charge in [0.1, 0.15) is 6.54 Å². The first-order chi connectivity index (χ1) is 9.97. The second kappa shape index (κ2) is 6.75. The molecule has 0 bridgehead atoms. The van der Waals surface area contributed by atoms with Crippen molar-refractivity contribution in [3.8, 4) is 0 Å². The number of carboxylic acid groups (broad SMARTS) is 1. The molecule has 21 heavy (non-hydrogen) atoms. The van der Waals surface area contributed by atoms with E-state index in [9.17, 15) is 13.2 Å². The van der Waals surface area contributed by atoms with Crippen molar-refractivity contribution >= 4 is 27.8 Å². The summed E-state index contributed by atoms with van der Waals surface area (Å²) < 4.78 is 25.7. The van der Waals surface area contributed by atoms with Gasteiger partial charge in [0.15, 0.2) is 0 Å². The van der Waals surface area contributed by atoms with E-state index in [1.165, 1.54) is 23.9 Å². The molecular formula is C14H13NO4S2. The summed E-state index contributed by atoms with van der Waals surface area (Å²) in [5.41, 5.74) is 0. The zero-order chi connectivity index (χ0) is 15.3. The maximum atomic E-state index is 11.8. The Bertz CT molecular complexity index is 712. The number of rotatable bonds is 6. The van der Waals surface area contributed by atoms with Crippen molar-refractivity contribution in [2.75, 3.05) is 6.54 Å². The minimum atomic E-state index is -3.79. The number of aliphatic carboxylic acids is 1. The van der Waals surface area contributed by atoms with E-state index in [4.69, 9.17) is 5.11 Å². The molecule has 7 heteroatoms. The molecule has 0 aromatic heterocycles. The van der Waals surface area contributed by atoms with Gasteiger partial charge in [0.2, 0.25) is 10.0 Å². The normalized spacial score (nSPS) is 11.2. The van der Waals surface area contributed by atoms with Crippen molar-refractivity contribution < 1.29 is 18.3 Å². The summed E-state index contributed by atoms with van der Waals surface area (Å²) >= 11 is 1.52. The highest BCUT2D eigenvalue weighted by Gasteiger charge is 2.14. The summed E-state index contributed by atoms with van der Waals surface area (Å²) in [5.74, 6) is -1.23. The molecule has 0 fully saturated rings. The number of hydrogen-bond acceptors (Lipinski definition) is 4. The van der Waals surface area contributed by atoms with Crippen LogP contribution in [-0.2, 0) is 14.8 Å². The Balaban J connectivity index is 2.10. The largest absolute Gasteiger partial charge is 0.480 e. The molecule has 110 valence electrons. The van der Waals surface area contributed by atoms with Crippen LogP contribution < -0.4 is 4.72 Å². The highest BCUT2D eigenvalue weighted by Crippen LogP contribution is 2.27. The fourth-order valence-electron chi connectivity index (χ4n) is 1.55. The SMILES string of the molecule is O=C(O)CNS(=O)(=O)c1ccc(Sc2ccccc2)cc1.